The van der Waals surface area contributed by atoms with E-state index in [1.165, 1.54) is 7.11 Å². The Morgan fingerprint density at radius 1 is 1.07 bits per heavy atom. The molecule has 3 aromatic rings. The number of anilines is 3. The highest BCUT2D eigenvalue weighted by molar-refractivity contribution is 7.92. The number of nitrogens with one attached hydrogen (secondary N) is 2. The van der Waals surface area contributed by atoms with E-state index in [0.29, 0.717) is 23.5 Å². The number of aromatic nitrogens is 1. The topological polar surface area (TPSA) is 135 Å². The number of benzene rings is 2. The zero-order valence-electron chi connectivity index (χ0n) is 23.1. The number of carbonyl (C=O) groups excluding carboxylic acids is 1. The van der Waals surface area contributed by atoms with Gasteiger partial charge >= 0.3 is 0 Å². The van der Waals surface area contributed by atoms with Crippen LogP contribution in [-0.2, 0) is 15.4 Å². The van der Waals surface area contributed by atoms with E-state index in [9.17, 15) is 13.2 Å². The van der Waals surface area contributed by atoms with Crippen LogP contribution in [0.4, 0.5) is 17.1 Å². The quantitative estimate of drug-likeness (QED) is 0.373. The predicted molar refractivity (Wildman–Crippen MR) is 153 cm³/mol. The van der Waals surface area contributed by atoms with Crippen LogP contribution in [-0.4, -0.2) is 46.3 Å². The normalized spacial score (nSPS) is 17.4. The molecule has 2 heterocycles. The molecule has 2 N–H and O–H groups in total. The highest BCUT2D eigenvalue weighted by atomic mass is 32.2. The van der Waals surface area contributed by atoms with E-state index in [0.717, 1.165) is 41.5 Å². The fourth-order valence-corrected chi connectivity index (χ4v) is 5.23. The molecule has 1 aliphatic carbocycles. The lowest BCUT2D eigenvalue weighted by atomic mass is 9.96. The molecule has 1 aliphatic heterocycles. The lowest BCUT2D eigenvalue weighted by Gasteiger charge is -2.20. The number of nitrogens with zero attached hydrogens (tertiary/aromatic N) is 4. The molecule has 1 amide bonds. The number of rotatable bonds is 9. The van der Waals surface area contributed by atoms with Crippen LogP contribution in [0.3, 0.4) is 0 Å². The Hall–Kier alpha value is -4.19. The molecular weight excluding hydrogens is 532 g/mol. The SMILES string of the molecule is COc1cncc(C2CN(c3cc(C(=O)Nc4cc(C5(C)CC5)cc(NS(C)(=O)=O)c4OC)ccc3C)N=N2)c1. The summed E-state index contributed by atoms with van der Waals surface area (Å²) in [6.07, 6.45) is 6.40. The molecule has 0 bridgehead atoms. The van der Waals surface area contributed by atoms with Gasteiger partial charge in [-0.3, -0.25) is 14.5 Å². The summed E-state index contributed by atoms with van der Waals surface area (Å²) in [7, 11) is -0.550. The van der Waals surface area contributed by atoms with Gasteiger partial charge in [0.2, 0.25) is 10.0 Å². The molecule has 0 spiro atoms. The number of hydrogen-bond donors (Lipinski definition) is 2. The molecule has 1 aromatic heterocycles. The second-order valence-electron chi connectivity index (χ2n) is 10.5. The number of sulfonamides is 1. The van der Waals surface area contributed by atoms with Gasteiger partial charge in [0.25, 0.3) is 5.91 Å². The number of ether oxygens (including phenoxy) is 2. The average Bonchev–Trinajstić information content (AvgIpc) is 3.48. The molecule has 5 rings (SSSR count). The van der Waals surface area contributed by atoms with Gasteiger partial charge in [0.15, 0.2) is 5.75 Å². The summed E-state index contributed by atoms with van der Waals surface area (Å²) in [5.74, 6) is 0.515. The van der Waals surface area contributed by atoms with Crippen molar-refractivity contribution in [1.82, 2.24) is 4.98 Å². The summed E-state index contributed by atoms with van der Waals surface area (Å²) < 4.78 is 37.5. The third kappa shape index (κ3) is 5.71. The van der Waals surface area contributed by atoms with Crippen molar-refractivity contribution >= 4 is 33.0 Å². The van der Waals surface area contributed by atoms with Crippen molar-refractivity contribution < 1.29 is 22.7 Å². The molecule has 1 fully saturated rings. The van der Waals surface area contributed by atoms with Gasteiger partial charge in [-0.05, 0) is 66.6 Å². The van der Waals surface area contributed by atoms with Gasteiger partial charge in [-0.2, -0.15) is 5.11 Å². The maximum atomic E-state index is 13.5. The van der Waals surface area contributed by atoms with Crippen molar-refractivity contribution in [3.8, 4) is 11.5 Å². The first-order valence-corrected chi connectivity index (χ1v) is 14.7. The van der Waals surface area contributed by atoms with Gasteiger partial charge < -0.3 is 14.8 Å². The minimum atomic E-state index is -3.58. The monoisotopic (exact) mass is 564 g/mol. The Kier molecular flexibility index (Phi) is 7.13. The lowest BCUT2D eigenvalue weighted by molar-refractivity contribution is 0.102. The Morgan fingerprint density at radius 2 is 1.82 bits per heavy atom. The van der Waals surface area contributed by atoms with Crippen molar-refractivity contribution in [1.29, 1.82) is 0 Å². The highest BCUT2D eigenvalue weighted by Crippen LogP contribution is 2.51. The average molecular weight is 565 g/mol. The molecular formula is C28H32N6O5S. The second kappa shape index (κ2) is 10.4. The molecule has 2 aromatic carbocycles. The van der Waals surface area contributed by atoms with Gasteiger partial charge in [0.05, 0.1) is 50.3 Å². The molecule has 210 valence electrons. The summed E-state index contributed by atoms with van der Waals surface area (Å²) in [6.45, 7) is 4.53. The molecule has 12 heteroatoms. The first-order chi connectivity index (χ1) is 19.0. The van der Waals surface area contributed by atoms with Crippen molar-refractivity contribution in [2.45, 2.75) is 38.1 Å². The minimum absolute atomic E-state index is 0.0771. The number of amides is 1. The van der Waals surface area contributed by atoms with Crippen LogP contribution in [0.2, 0.25) is 0 Å². The maximum absolute atomic E-state index is 13.5. The van der Waals surface area contributed by atoms with E-state index >= 15 is 0 Å². The molecule has 40 heavy (non-hydrogen) atoms. The standard InChI is InChI=1S/C28H32N6O5S/c1-17-6-7-18(11-25(17)34-16-24(31-33-34)19-10-21(38-3)15-29-14-19)27(35)30-22-12-20(28(2)8-9-28)13-23(26(22)39-4)32-40(5,36)37/h6-7,10-15,24,32H,8-9,16H2,1-5H3,(H,30,35). The van der Waals surface area contributed by atoms with Crippen LogP contribution in [0.25, 0.3) is 0 Å². The molecule has 1 saturated carbocycles. The smallest absolute Gasteiger partial charge is 0.255 e. The van der Waals surface area contributed by atoms with Gasteiger partial charge in [-0.1, -0.05) is 18.2 Å². The summed E-state index contributed by atoms with van der Waals surface area (Å²) in [5, 5.41) is 13.5. The van der Waals surface area contributed by atoms with Gasteiger partial charge in [-0.25, -0.2) is 13.4 Å². The van der Waals surface area contributed by atoms with Crippen LogP contribution in [0, 0.1) is 6.92 Å². The summed E-state index contributed by atoms with van der Waals surface area (Å²) >= 11 is 0. The Morgan fingerprint density at radius 3 is 2.50 bits per heavy atom. The van der Waals surface area contributed by atoms with Crippen LogP contribution in [0.1, 0.15) is 52.9 Å². The third-order valence-corrected chi connectivity index (χ3v) is 7.87. The molecule has 1 unspecified atom stereocenters. The summed E-state index contributed by atoms with van der Waals surface area (Å²) in [6, 6.07) is 10.6. The van der Waals surface area contributed by atoms with E-state index in [1.54, 1.807) is 42.7 Å². The second-order valence-corrected chi connectivity index (χ2v) is 12.2. The minimum Gasteiger partial charge on any atom is -0.495 e. The number of aryl methyl sites for hydroxylation is 1. The van der Waals surface area contributed by atoms with E-state index in [-0.39, 0.29) is 28.8 Å². The Balaban J connectivity index is 1.41. The largest absolute Gasteiger partial charge is 0.495 e. The molecule has 11 nitrogen and oxygen atoms in total. The third-order valence-electron chi connectivity index (χ3n) is 7.28. The van der Waals surface area contributed by atoms with Gasteiger partial charge in [0.1, 0.15) is 11.8 Å². The van der Waals surface area contributed by atoms with Crippen LogP contribution < -0.4 is 24.5 Å². The molecule has 0 saturated heterocycles. The molecule has 2 aliphatic rings. The van der Waals surface area contributed by atoms with E-state index < -0.39 is 10.0 Å². The first-order valence-electron chi connectivity index (χ1n) is 12.8. The number of methoxy groups -OCH3 is 2. The fraction of sp³-hybridized carbons (Fsp3) is 0.357. The molecule has 1 atom stereocenters. The maximum Gasteiger partial charge on any atom is 0.255 e. The van der Waals surface area contributed by atoms with Crippen LogP contribution in [0.15, 0.2) is 59.1 Å². The van der Waals surface area contributed by atoms with E-state index in [4.69, 9.17) is 9.47 Å². The number of pyridine rings is 1. The van der Waals surface area contributed by atoms with Gasteiger partial charge in [-0.15, -0.1) is 0 Å². The van der Waals surface area contributed by atoms with Crippen LogP contribution >= 0.6 is 0 Å². The van der Waals surface area contributed by atoms with E-state index in [2.05, 4.69) is 32.3 Å². The van der Waals surface area contributed by atoms with Crippen molar-refractivity contribution in [2.24, 2.45) is 10.3 Å². The Bertz CT molecular complexity index is 1600. The molecule has 0 radical (unpaired) electrons. The summed E-state index contributed by atoms with van der Waals surface area (Å²) in [4.78, 5) is 17.7. The van der Waals surface area contributed by atoms with Crippen molar-refractivity contribution in [3.63, 3.8) is 0 Å². The lowest BCUT2D eigenvalue weighted by Crippen LogP contribution is -2.19. The van der Waals surface area contributed by atoms with Gasteiger partial charge in [0, 0.05) is 17.3 Å². The number of carbonyl (C=O) groups is 1. The summed E-state index contributed by atoms with van der Waals surface area (Å²) in [5.41, 5.74) is 4.49. The van der Waals surface area contributed by atoms with Crippen LogP contribution in [0.5, 0.6) is 11.5 Å². The first kappa shape index (κ1) is 27.4. The van der Waals surface area contributed by atoms with Crippen molar-refractivity contribution in [2.75, 3.05) is 42.1 Å². The highest BCUT2D eigenvalue weighted by Gasteiger charge is 2.40. The Labute approximate surface area is 233 Å². The zero-order valence-corrected chi connectivity index (χ0v) is 23.9. The zero-order chi connectivity index (χ0) is 28.7. The number of hydrogen-bond acceptors (Lipinski definition) is 9. The van der Waals surface area contributed by atoms with Crippen molar-refractivity contribution in [3.05, 3.63) is 71.0 Å². The van der Waals surface area contributed by atoms with E-state index in [1.807, 2.05) is 25.1 Å². The predicted octanol–water partition coefficient (Wildman–Crippen LogP) is 5.01. The fourth-order valence-electron chi connectivity index (χ4n) is 4.67.